The van der Waals surface area contributed by atoms with Gasteiger partial charge in [-0.1, -0.05) is 0 Å². The number of methoxy groups -OCH3 is 2. The van der Waals surface area contributed by atoms with E-state index < -0.39 is 11.8 Å². The molecule has 0 spiro atoms. The number of benzene rings is 1. The van der Waals surface area contributed by atoms with Gasteiger partial charge in [0.25, 0.3) is 5.78 Å². The Balaban J connectivity index is 3.28. The van der Waals surface area contributed by atoms with Crippen LogP contribution in [-0.2, 0) is 9.53 Å². The fraction of sp³-hybridized carbons (Fsp3) is 0.308. The lowest BCUT2D eigenvalue weighted by molar-refractivity contribution is -0.137. The zero-order valence-corrected chi connectivity index (χ0v) is 10.9. The van der Waals surface area contributed by atoms with E-state index >= 15 is 0 Å². The summed E-state index contributed by atoms with van der Waals surface area (Å²) >= 11 is 0. The van der Waals surface area contributed by atoms with Crippen molar-refractivity contribution in [2.75, 3.05) is 20.8 Å². The minimum atomic E-state index is -0.974. The van der Waals surface area contributed by atoms with Crippen molar-refractivity contribution in [2.24, 2.45) is 0 Å². The monoisotopic (exact) mass is 263 g/mol. The molecular formula is C13H13NO5. The summed E-state index contributed by atoms with van der Waals surface area (Å²) in [4.78, 5) is 23.2. The first-order chi connectivity index (χ1) is 9.08. The van der Waals surface area contributed by atoms with E-state index in [-0.39, 0.29) is 29.2 Å². The van der Waals surface area contributed by atoms with Gasteiger partial charge in [0, 0.05) is 5.56 Å². The van der Waals surface area contributed by atoms with Crippen LogP contribution in [-0.4, -0.2) is 32.6 Å². The third-order valence-electron chi connectivity index (χ3n) is 2.32. The van der Waals surface area contributed by atoms with E-state index in [1.165, 1.54) is 26.4 Å². The van der Waals surface area contributed by atoms with Gasteiger partial charge in [-0.25, -0.2) is 4.79 Å². The second-order valence-corrected chi connectivity index (χ2v) is 3.42. The van der Waals surface area contributed by atoms with Gasteiger partial charge in [0.2, 0.25) is 0 Å². The van der Waals surface area contributed by atoms with E-state index in [2.05, 4.69) is 4.74 Å². The molecule has 0 saturated heterocycles. The van der Waals surface area contributed by atoms with Crippen LogP contribution in [0.2, 0.25) is 0 Å². The number of esters is 1. The number of hydrogen-bond acceptors (Lipinski definition) is 6. The van der Waals surface area contributed by atoms with E-state index in [4.69, 9.17) is 14.7 Å². The van der Waals surface area contributed by atoms with Gasteiger partial charge in [-0.05, 0) is 19.1 Å². The molecule has 0 aliphatic carbocycles. The van der Waals surface area contributed by atoms with E-state index in [1.54, 1.807) is 6.92 Å². The number of rotatable bonds is 5. The lowest BCUT2D eigenvalue weighted by atomic mass is 10.1. The summed E-state index contributed by atoms with van der Waals surface area (Å²) in [5, 5.41) is 9.00. The van der Waals surface area contributed by atoms with E-state index in [9.17, 15) is 9.59 Å². The van der Waals surface area contributed by atoms with Crippen molar-refractivity contribution in [3.05, 3.63) is 23.3 Å². The Morgan fingerprint density at radius 3 is 2.42 bits per heavy atom. The van der Waals surface area contributed by atoms with Crippen LogP contribution >= 0.6 is 0 Å². The Labute approximate surface area is 110 Å². The molecule has 0 saturated carbocycles. The van der Waals surface area contributed by atoms with Crippen LogP contribution in [0.1, 0.15) is 22.8 Å². The normalized spacial score (nSPS) is 9.37. The molecule has 0 heterocycles. The molecule has 6 nitrogen and oxygen atoms in total. The topological polar surface area (TPSA) is 85.6 Å². The molecule has 0 radical (unpaired) electrons. The molecule has 1 aromatic carbocycles. The number of nitriles is 1. The summed E-state index contributed by atoms with van der Waals surface area (Å²) in [6, 6.07) is 4.47. The highest BCUT2D eigenvalue weighted by atomic mass is 16.5. The first-order valence-electron chi connectivity index (χ1n) is 5.46. The van der Waals surface area contributed by atoms with Gasteiger partial charge in [-0.2, -0.15) is 5.26 Å². The van der Waals surface area contributed by atoms with Crippen molar-refractivity contribution >= 4 is 11.8 Å². The average Bonchev–Trinajstić information content (AvgIpc) is 2.44. The number of ether oxygens (including phenoxy) is 3. The molecule has 0 aliphatic heterocycles. The number of nitrogens with zero attached hydrogens (tertiary/aromatic N) is 1. The number of ketones is 1. The van der Waals surface area contributed by atoms with Crippen molar-refractivity contribution in [1.29, 1.82) is 5.26 Å². The summed E-state index contributed by atoms with van der Waals surface area (Å²) in [6.45, 7) is 1.70. The van der Waals surface area contributed by atoms with Crippen molar-refractivity contribution in [3.8, 4) is 17.6 Å². The van der Waals surface area contributed by atoms with E-state index in [1.807, 2.05) is 6.07 Å². The smallest absolute Gasteiger partial charge is 0.379 e. The fourth-order valence-electron chi connectivity index (χ4n) is 1.49. The van der Waals surface area contributed by atoms with Gasteiger partial charge < -0.3 is 14.2 Å². The Hall–Kier alpha value is -2.55. The van der Waals surface area contributed by atoms with Crippen molar-refractivity contribution in [1.82, 2.24) is 0 Å². The quantitative estimate of drug-likeness (QED) is 0.452. The Bertz CT molecular complexity index is 545. The number of Topliss-reactive ketones (excluding diaryl/α,β-unsaturated/α-hetero) is 1. The predicted octanol–water partition coefficient (Wildman–Crippen LogP) is 1.32. The van der Waals surface area contributed by atoms with Crippen LogP contribution < -0.4 is 9.47 Å². The highest BCUT2D eigenvalue weighted by Gasteiger charge is 2.22. The molecule has 0 unspecified atom stereocenters. The maximum absolute atomic E-state index is 11.8. The second kappa shape index (κ2) is 6.40. The summed E-state index contributed by atoms with van der Waals surface area (Å²) in [5.41, 5.74) is 0.127. The first kappa shape index (κ1) is 14.5. The molecule has 0 amide bonds. The van der Waals surface area contributed by atoms with Crippen LogP contribution in [0, 0.1) is 11.3 Å². The highest BCUT2D eigenvalue weighted by molar-refractivity contribution is 6.40. The Morgan fingerprint density at radius 2 is 1.95 bits per heavy atom. The van der Waals surface area contributed by atoms with E-state index in [0.717, 1.165) is 0 Å². The van der Waals surface area contributed by atoms with Crippen LogP contribution in [0.5, 0.6) is 11.5 Å². The molecule has 0 aliphatic rings. The summed E-state index contributed by atoms with van der Waals surface area (Å²) in [5.74, 6) is -1.39. The molecule has 6 heteroatoms. The third kappa shape index (κ3) is 3.01. The predicted molar refractivity (Wildman–Crippen MR) is 65.2 cm³/mol. The fourth-order valence-corrected chi connectivity index (χ4v) is 1.49. The summed E-state index contributed by atoms with van der Waals surface area (Å²) < 4.78 is 14.7. The SMILES string of the molecule is CCOC(=O)C(=O)c1cc(C#N)c(OC)c(OC)c1. The molecule has 0 bridgehead atoms. The minimum absolute atomic E-state index is 0.0210. The van der Waals surface area contributed by atoms with Crippen molar-refractivity contribution in [2.45, 2.75) is 6.92 Å². The lowest BCUT2D eigenvalue weighted by Gasteiger charge is -2.10. The second-order valence-electron chi connectivity index (χ2n) is 3.42. The Kier molecular flexibility index (Phi) is 4.89. The highest BCUT2D eigenvalue weighted by Crippen LogP contribution is 2.32. The van der Waals surface area contributed by atoms with Gasteiger partial charge in [0.05, 0.1) is 26.4 Å². The number of carbonyl (C=O) groups excluding carboxylic acids is 2. The molecule has 0 atom stereocenters. The standard InChI is InChI=1S/C13H13NO5/c1-4-19-13(16)11(15)8-5-9(7-14)12(18-3)10(6-8)17-2/h5-6H,4H2,1-3H3. The number of hydrogen-bond donors (Lipinski definition) is 0. The molecule has 19 heavy (non-hydrogen) atoms. The molecule has 0 fully saturated rings. The van der Waals surface area contributed by atoms with Crippen LogP contribution in [0.4, 0.5) is 0 Å². The zero-order valence-electron chi connectivity index (χ0n) is 10.9. The van der Waals surface area contributed by atoms with E-state index in [0.29, 0.717) is 0 Å². The average molecular weight is 263 g/mol. The summed E-state index contributed by atoms with van der Waals surface area (Å²) in [6.07, 6.45) is 0. The van der Waals surface area contributed by atoms with Crippen LogP contribution in [0.3, 0.4) is 0 Å². The first-order valence-corrected chi connectivity index (χ1v) is 5.46. The third-order valence-corrected chi connectivity index (χ3v) is 2.32. The van der Waals surface area contributed by atoms with Gasteiger partial charge in [0.15, 0.2) is 11.5 Å². The van der Waals surface area contributed by atoms with Crippen molar-refractivity contribution < 1.29 is 23.8 Å². The molecule has 100 valence electrons. The van der Waals surface area contributed by atoms with Gasteiger partial charge in [0.1, 0.15) is 6.07 Å². The van der Waals surface area contributed by atoms with Crippen molar-refractivity contribution in [3.63, 3.8) is 0 Å². The van der Waals surface area contributed by atoms with Gasteiger partial charge in [-0.3, -0.25) is 4.79 Å². The Morgan fingerprint density at radius 1 is 1.26 bits per heavy atom. The molecule has 1 aromatic rings. The van der Waals surface area contributed by atoms with Crippen LogP contribution in [0.15, 0.2) is 12.1 Å². The molecule has 1 rings (SSSR count). The lowest BCUT2D eigenvalue weighted by Crippen LogP contribution is -2.17. The number of carbonyl (C=O) groups is 2. The minimum Gasteiger partial charge on any atom is -0.493 e. The summed E-state index contributed by atoms with van der Waals surface area (Å²) in [7, 11) is 2.75. The maximum Gasteiger partial charge on any atom is 0.379 e. The van der Waals surface area contributed by atoms with Crippen LogP contribution in [0.25, 0.3) is 0 Å². The molecule has 0 aromatic heterocycles. The molecule has 0 N–H and O–H groups in total. The van der Waals surface area contributed by atoms with Gasteiger partial charge in [-0.15, -0.1) is 0 Å². The zero-order chi connectivity index (χ0) is 14.4. The molecular weight excluding hydrogens is 250 g/mol. The van der Waals surface area contributed by atoms with Gasteiger partial charge >= 0.3 is 5.97 Å². The largest absolute Gasteiger partial charge is 0.493 e. The maximum atomic E-state index is 11.8.